The van der Waals surface area contributed by atoms with Crippen LogP contribution in [0, 0.1) is 50.2 Å². The average molecular weight is 1260 g/mol. The van der Waals surface area contributed by atoms with E-state index in [1.807, 2.05) is 0 Å². The Hall–Kier alpha value is -1.12. The third kappa shape index (κ3) is 10.4. The van der Waals surface area contributed by atoms with E-state index in [2.05, 4.69) is 48.5 Å². The molecule has 6 saturated heterocycles. The Bertz CT molecular complexity index is 2370. The van der Waals surface area contributed by atoms with Gasteiger partial charge < -0.3 is 139 Å². The molecule has 2 bridgehead atoms. The lowest BCUT2D eigenvalue weighted by molar-refractivity contribution is -0.402. The summed E-state index contributed by atoms with van der Waals surface area (Å²) in [5.41, 5.74) is -3.56. The molecule has 11 fully saturated rings. The minimum Gasteiger partial charge on any atom is -0.394 e. The molecule has 0 radical (unpaired) electrons. The zero-order valence-corrected chi connectivity index (χ0v) is 50.8. The Morgan fingerprint density at radius 3 is 1.60 bits per heavy atom. The predicted octanol–water partition coefficient (Wildman–Crippen LogP) is -4.30. The molecule has 0 aromatic heterocycles. The molecule has 16 N–H and O–H groups in total. The van der Waals surface area contributed by atoms with Crippen molar-refractivity contribution >= 4 is 0 Å². The quantitative estimate of drug-likeness (QED) is 0.0732. The molecule has 0 aromatic rings. The lowest BCUT2D eigenvalue weighted by atomic mass is 9.30. The fourth-order valence-corrected chi connectivity index (χ4v) is 19.4. The van der Waals surface area contributed by atoms with Crippen molar-refractivity contribution in [1.29, 1.82) is 0 Å². The van der Waals surface area contributed by atoms with E-state index < -0.39 is 221 Å². The summed E-state index contributed by atoms with van der Waals surface area (Å²) in [4.78, 5) is 0. The van der Waals surface area contributed by atoms with E-state index in [0.717, 1.165) is 32.1 Å². The molecule has 6 heterocycles. The van der Waals surface area contributed by atoms with Crippen LogP contribution in [0.25, 0.3) is 0 Å². The van der Waals surface area contributed by atoms with Crippen LogP contribution in [0.2, 0.25) is 0 Å². The third-order valence-electron chi connectivity index (χ3n) is 24.2. The molecular weight excluding hydrogens is 1160 g/mol. The smallest absolute Gasteiger partial charge is 0.187 e. The van der Waals surface area contributed by atoms with Crippen LogP contribution >= 0.6 is 0 Å². The van der Waals surface area contributed by atoms with E-state index in [4.69, 9.17) is 56.8 Å². The minimum atomic E-state index is -2.05. The zero-order chi connectivity index (χ0) is 63.2. The van der Waals surface area contributed by atoms with Gasteiger partial charge in [0.05, 0.1) is 62.4 Å². The number of ether oxygens (including phenoxy) is 12. The lowest BCUT2D eigenvalue weighted by Crippen LogP contribution is -2.75. The van der Waals surface area contributed by atoms with Crippen molar-refractivity contribution < 1.29 is 139 Å². The number of aliphatic hydroxyl groups is 16. The van der Waals surface area contributed by atoms with Gasteiger partial charge in [0.1, 0.15) is 110 Å². The summed E-state index contributed by atoms with van der Waals surface area (Å²) >= 11 is 0. The lowest BCUT2D eigenvalue weighted by Gasteiger charge is -2.75. The number of aliphatic hydroxyl groups excluding tert-OH is 16. The van der Waals surface area contributed by atoms with E-state index in [9.17, 15) is 81.7 Å². The van der Waals surface area contributed by atoms with E-state index in [1.165, 1.54) is 0 Å². The summed E-state index contributed by atoms with van der Waals surface area (Å²) in [7, 11) is 1.61. The minimum absolute atomic E-state index is 0.0454. The van der Waals surface area contributed by atoms with Crippen LogP contribution in [-0.4, -0.2) is 293 Å². The Balaban J connectivity index is 0.859. The summed E-state index contributed by atoms with van der Waals surface area (Å²) in [6.07, 6.45) is -38.0. The van der Waals surface area contributed by atoms with Gasteiger partial charge in [-0.3, -0.25) is 0 Å². The maximum atomic E-state index is 12.6. The maximum absolute atomic E-state index is 12.6. The normalized spacial score (nSPS) is 57.2. The maximum Gasteiger partial charge on any atom is 0.187 e. The fourth-order valence-electron chi connectivity index (χ4n) is 19.4. The van der Waals surface area contributed by atoms with Crippen molar-refractivity contribution in [3.8, 4) is 0 Å². The van der Waals surface area contributed by atoms with Gasteiger partial charge in [0.15, 0.2) is 37.7 Å². The highest BCUT2D eigenvalue weighted by atomic mass is 16.8. The SMILES string of the molecule is COC1O[C@]23CCC4[C@@]5(C)CC[C@H](O[C@@H]6OC[C@H](O[C@@H]7O[C@H](CO)[C@@H](O[C@@H]8O[C@H](CO)[C@@H](O)[C@H](O)[C@H]8O)[C@H](O)[C@H]7O[C@@H]7OC[C@@H](O)[C@H](O)[C@H]7O)[C@H](O)[C@H]6O[C@@H]6O[C@H](CO)[C@@H](O)[C@H](O)[C@H]6O)C(C)(C)C5CC[C@@]4(C)[C@]2(C)C[C@@H](O)[C@@]12C3CC(C)(C)C[C@@H]2O. The average Bonchev–Trinajstić information content (AvgIpc) is 1.57. The summed E-state index contributed by atoms with van der Waals surface area (Å²) in [5.74, 6) is 0.0614. The third-order valence-corrected chi connectivity index (χ3v) is 24.2. The highest BCUT2D eigenvalue weighted by Crippen LogP contribution is 2.81. The molecule has 11 rings (SSSR count). The van der Waals surface area contributed by atoms with Crippen LogP contribution in [0.3, 0.4) is 0 Å². The van der Waals surface area contributed by atoms with Gasteiger partial charge in [0.2, 0.25) is 0 Å². The van der Waals surface area contributed by atoms with Crippen molar-refractivity contribution in [3.05, 3.63) is 0 Å². The molecule has 6 aliphatic heterocycles. The fraction of sp³-hybridized carbons (Fsp3) is 1.00. The number of rotatable bonds is 14. The highest BCUT2D eigenvalue weighted by Gasteiger charge is 2.84. The molecule has 5 aliphatic carbocycles. The topological polar surface area (TPSA) is 434 Å². The van der Waals surface area contributed by atoms with Crippen molar-refractivity contribution in [2.24, 2.45) is 50.2 Å². The molecule has 28 nitrogen and oxygen atoms in total. The van der Waals surface area contributed by atoms with Crippen LogP contribution in [-0.2, 0) is 56.8 Å². The number of hydrogen-bond donors (Lipinski definition) is 16. The summed E-state index contributed by atoms with van der Waals surface area (Å²) < 4.78 is 74.6. The number of hydrogen-bond acceptors (Lipinski definition) is 28. The molecule has 4 unspecified atom stereocenters. The summed E-state index contributed by atoms with van der Waals surface area (Å²) in [6, 6.07) is 0. The van der Waals surface area contributed by atoms with E-state index in [-0.39, 0.29) is 34.0 Å². The summed E-state index contributed by atoms with van der Waals surface area (Å²) in [6.45, 7) is 12.0. The van der Waals surface area contributed by atoms with Crippen LogP contribution in [0.5, 0.6) is 0 Å². The van der Waals surface area contributed by atoms with E-state index >= 15 is 0 Å². The second kappa shape index (κ2) is 24.3. The predicted molar refractivity (Wildman–Crippen MR) is 290 cm³/mol. The summed E-state index contributed by atoms with van der Waals surface area (Å²) in [5, 5.41) is 177. The second-order valence-corrected chi connectivity index (χ2v) is 29.4. The van der Waals surface area contributed by atoms with Gasteiger partial charge in [0.25, 0.3) is 0 Å². The van der Waals surface area contributed by atoms with Gasteiger partial charge in [-0.1, -0.05) is 48.5 Å². The van der Waals surface area contributed by atoms with Gasteiger partial charge >= 0.3 is 0 Å². The molecular formula is C59H98O28. The number of fused-ring (bicyclic) bond motifs is 4. The van der Waals surface area contributed by atoms with E-state index in [1.54, 1.807) is 7.11 Å². The van der Waals surface area contributed by atoms with E-state index in [0.29, 0.717) is 25.7 Å². The second-order valence-electron chi connectivity index (χ2n) is 29.4. The Morgan fingerprint density at radius 1 is 0.448 bits per heavy atom. The standard InChI is InChI=1S/C59H98O28/c1-53(2)15-30-58-14-10-29-55(5)12-11-33(54(3,4)28(55)9-13-56(29,6)57(58,7)17-32(65)59(30,31(64)16-53)52(76-8)87-58)83-50-45(86-49-42(74)39(71)36(68)25(19-61)80-49)37(69)27(22-78-50)82-51-46(85-47-40(72)34(66)23(63)21-77-47)43(75)44(26(20-62)81-51)84-48-41(73)38(70)35(67)24(18-60)79-48/h23-52,60-75H,9-22H2,1-8H3/t23-,24-,25-,26-,27+,28?,29?,30?,31+,32-,33+,34+,35-,36-,37+,38+,39+,40-,41-,42-,43+,44-,45-,46-,47+,48+,49+,50+,51+,52?,55+,56-,57+,58+,59+/m1/s1. The van der Waals surface area contributed by atoms with Gasteiger partial charge in [-0.2, -0.15) is 0 Å². The molecule has 502 valence electrons. The van der Waals surface area contributed by atoms with Crippen molar-refractivity contribution in [1.82, 2.24) is 0 Å². The Morgan fingerprint density at radius 2 is 0.989 bits per heavy atom. The van der Waals surface area contributed by atoms with Gasteiger partial charge in [0, 0.05) is 18.4 Å². The van der Waals surface area contributed by atoms with Crippen LogP contribution in [0.4, 0.5) is 0 Å². The molecule has 5 saturated carbocycles. The van der Waals surface area contributed by atoms with Crippen LogP contribution in [0.15, 0.2) is 0 Å². The first-order valence-corrected chi connectivity index (χ1v) is 31.2. The van der Waals surface area contributed by atoms with Gasteiger partial charge in [-0.15, -0.1) is 0 Å². The molecule has 28 heteroatoms. The largest absolute Gasteiger partial charge is 0.394 e. The first-order chi connectivity index (χ1) is 40.9. The monoisotopic (exact) mass is 1250 g/mol. The van der Waals surface area contributed by atoms with Crippen LogP contribution in [0.1, 0.15) is 106 Å². The zero-order valence-electron chi connectivity index (χ0n) is 50.8. The van der Waals surface area contributed by atoms with Crippen molar-refractivity contribution in [3.63, 3.8) is 0 Å². The Kier molecular flexibility index (Phi) is 18.8. The van der Waals surface area contributed by atoms with Crippen LogP contribution < -0.4 is 0 Å². The molecule has 1 spiro atoms. The van der Waals surface area contributed by atoms with Crippen molar-refractivity contribution in [2.45, 2.75) is 278 Å². The molecule has 0 amide bonds. The van der Waals surface area contributed by atoms with Crippen molar-refractivity contribution in [2.75, 3.05) is 40.1 Å². The molecule has 35 atom stereocenters. The first kappa shape index (κ1) is 67.3. The molecule has 0 aromatic carbocycles. The first-order valence-electron chi connectivity index (χ1n) is 31.2. The Labute approximate surface area is 505 Å². The van der Waals surface area contributed by atoms with Gasteiger partial charge in [-0.05, 0) is 91.3 Å². The highest BCUT2D eigenvalue weighted by molar-refractivity contribution is 5.30. The molecule has 11 aliphatic rings. The number of methoxy groups -OCH3 is 1. The molecule has 87 heavy (non-hydrogen) atoms. The van der Waals surface area contributed by atoms with Gasteiger partial charge in [-0.25, -0.2) is 0 Å².